The highest BCUT2D eigenvalue weighted by atomic mass is 16.5. The Morgan fingerprint density at radius 3 is 2.44 bits per heavy atom. The largest absolute Gasteiger partial charge is 0.508 e. The summed E-state index contributed by atoms with van der Waals surface area (Å²) in [6.45, 7) is 0.426. The lowest BCUT2D eigenvalue weighted by molar-refractivity contribution is 0.354. The minimum absolute atomic E-state index is 0.120. The second-order valence-electron chi connectivity index (χ2n) is 5.56. The van der Waals surface area contributed by atoms with Crippen LogP contribution in [0.25, 0.3) is 10.8 Å². The maximum absolute atomic E-state index is 10.1. The maximum Gasteiger partial charge on any atom is 0.161 e. The van der Waals surface area contributed by atoms with Gasteiger partial charge in [0.2, 0.25) is 0 Å². The van der Waals surface area contributed by atoms with Gasteiger partial charge in [0.05, 0.1) is 20.8 Å². The molecular formula is C20H19NO4. The van der Waals surface area contributed by atoms with Gasteiger partial charge in [-0.1, -0.05) is 18.2 Å². The molecule has 128 valence electrons. The van der Waals surface area contributed by atoms with Crippen LogP contribution in [0.5, 0.6) is 23.0 Å². The second kappa shape index (κ2) is 7.13. The smallest absolute Gasteiger partial charge is 0.161 e. The van der Waals surface area contributed by atoms with E-state index in [2.05, 4.69) is 4.99 Å². The van der Waals surface area contributed by atoms with Gasteiger partial charge in [0.15, 0.2) is 11.5 Å². The quantitative estimate of drug-likeness (QED) is 0.693. The molecule has 0 radical (unpaired) electrons. The van der Waals surface area contributed by atoms with Crippen molar-refractivity contribution in [2.75, 3.05) is 14.2 Å². The van der Waals surface area contributed by atoms with Gasteiger partial charge in [-0.2, -0.15) is 0 Å². The van der Waals surface area contributed by atoms with E-state index in [4.69, 9.17) is 9.47 Å². The Morgan fingerprint density at radius 2 is 1.68 bits per heavy atom. The number of hydrogen-bond acceptors (Lipinski definition) is 5. The summed E-state index contributed by atoms with van der Waals surface area (Å²) < 4.78 is 10.5. The first-order valence-electron chi connectivity index (χ1n) is 7.78. The third-order valence-electron chi connectivity index (χ3n) is 3.97. The number of rotatable bonds is 5. The van der Waals surface area contributed by atoms with E-state index in [1.54, 1.807) is 50.8 Å². The fourth-order valence-corrected chi connectivity index (χ4v) is 2.68. The summed E-state index contributed by atoms with van der Waals surface area (Å²) >= 11 is 0. The topological polar surface area (TPSA) is 71.3 Å². The molecule has 0 saturated carbocycles. The van der Waals surface area contributed by atoms with E-state index in [9.17, 15) is 10.2 Å². The van der Waals surface area contributed by atoms with Gasteiger partial charge in [0, 0.05) is 11.8 Å². The Morgan fingerprint density at radius 1 is 0.920 bits per heavy atom. The number of hydrogen-bond donors (Lipinski definition) is 2. The average molecular weight is 337 g/mol. The van der Waals surface area contributed by atoms with Gasteiger partial charge in [0.1, 0.15) is 11.5 Å². The molecule has 3 aromatic carbocycles. The summed E-state index contributed by atoms with van der Waals surface area (Å²) in [5.41, 5.74) is 1.53. The molecule has 3 aromatic rings. The Kier molecular flexibility index (Phi) is 4.75. The zero-order valence-corrected chi connectivity index (χ0v) is 14.1. The Hall–Kier alpha value is -3.21. The monoisotopic (exact) mass is 337 g/mol. The lowest BCUT2D eigenvalue weighted by atomic mass is 10.0. The number of benzene rings is 3. The standard InChI is InChI=1S/C20H19NO4/c1-24-19-8-3-13(9-20(19)25-2)11-21-12-17-16-10-15(22)6-4-14(16)5-7-18(17)23/h3-10,12,22-23H,11H2,1-2H3. The van der Waals surface area contributed by atoms with E-state index in [-0.39, 0.29) is 11.5 Å². The van der Waals surface area contributed by atoms with E-state index in [1.165, 1.54) is 0 Å². The van der Waals surface area contributed by atoms with Crippen LogP contribution < -0.4 is 9.47 Å². The summed E-state index contributed by atoms with van der Waals surface area (Å²) in [5, 5.41) is 21.5. The first-order valence-corrected chi connectivity index (χ1v) is 7.78. The highest BCUT2D eigenvalue weighted by molar-refractivity contribution is 6.02. The molecule has 0 aliphatic heterocycles. The van der Waals surface area contributed by atoms with E-state index in [0.29, 0.717) is 23.6 Å². The summed E-state index contributed by atoms with van der Waals surface area (Å²) in [7, 11) is 3.18. The third-order valence-corrected chi connectivity index (χ3v) is 3.97. The van der Waals surface area contributed by atoms with Crippen LogP contribution in [0, 0.1) is 0 Å². The van der Waals surface area contributed by atoms with Crippen LogP contribution in [0.1, 0.15) is 11.1 Å². The fourth-order valence-electron chi connectivity index (χ4n) is 2.68. The zero-order valence-electron chi connectivity index (χ0n) is 14.1. The molecular weight excluding hydrogens is 318 g/mol. The van der Waals surface area contributed by atoms with Crippen molar-refractivity contribution in [1.82, 2.24) is 0 Å². The Labute approximate surface area is 145 Å². The van der Waals surface area contributed by atoms with Crippen molar-refractivity contribution in [3.05, 3.63) is 59.7 Å². The van der Waals surface area contributed by atoms with E-state index in [0.717, 1.165) is 16.3 Å². The summed E-state index contributed by atoms with van der Waals surface area (Å²) in [4.78, 5) is 4.42. The van der Waals surface area contributed by atoms with E-state index >= 15 is 0 Å². The van der Waals surface area contributed by atoms with Crippen molar-refractivity contribution in [3.8, 4) is 23.0 Å². The van der Waals surface area contributed by atoms with Gasteiger partial charge in [-0.05, 0) is 46.7 Å². The first kappa shape index (κ1) is 16.6. The maximum atomic E-state index is 10.1. The molecule has 0 spiro atoms. The van der Waals surface area contributed by atoms with Gasteiger partial charge in [0.25, 0.3) is 0 Å². The number of nitrogens with zero attached hydrogens (tertiary/aromatic N) is 1. The molecule has 5 nitrogen and oxygen atoms in total. The molecule has 0 amide bonds. The van der Waals surface area contributed by atoms with Crippen molar-refractivity contribution >= 4 is 17.0 Å². The molecule has 0 aliphatic carbocycles. The lowest BCUT2D eigenvalue weighted by Crippen LogP contribution is -1.92. The minimum Gasteiger partial charge on any atom is -0.508 e. The van der Waals surface area contributed by atoms with E-state index in [1.807, 2.05) is 18.2 Å². The van der Waals surface area contributed by atoms with Gasteiger partial charge >= 0.3 is 0 Å². The molecule has 0 atom stereocenters. The minimum atomic E-state index is 0.120. The van der Waals surface area contributed by atoms with Crippen LogP contribution in [-0.2, 0) is 6.54 Å². The summed E-state index contributed by atoms with van der Waals surface area (Å²) in [6.07, 6.45) is 1.62. The molecule has 25 heavy (non-hydrogen) atoms. The highest BCUT2D eigenvalue weighted by Gasteiger charge is 2.07. The Bertz CT molecular complexity index is 929. The molecule has 2 N–H and O–H groups in total. The van der Waals surface area contributed by atoms with Gasteiger partial charge < -0.3 is 19.7 Å². The number of methoxy groups -OCH3 is 2. The highest BCUT2D eigenvalue weighted by Crippen LogP contribution is 2.29. The number of phenolic OH excluding ortho intramolecular Hbond substituents is 2. The Balaban J connectivity index is 1.89. The average Bonchev–Trinajstić information content (AvgIpc) is 2.63. The van der Waals surface area contributed by atoms with Gasteiger partial charge in [-0.25, -0.2) is 0 Å². The zero-order chi connectivity index (χ0) is 17.8. The predicted molar refractivity (Wildman–Crippen MR) is 98.1 cm³/mol. The number of phenols is 2. The molecule has 0 aliphatic rings. The molecule has 0 aromatic heterocycles. The molecule has 0 fully saturated rings. The predicted octanol–water partition coefficient (Wildman–Crippen LogP) is 3.89. The second-order valence-corrected chi connectivity index (χ2v) is 5.56. The summed E-state index contributed by atoms with van der Waals surface area (Å²) in [5.74, 6) is 1.58. The molecule has 5 heteroatoms. The fraction of sp³-hybridized carbons (Fsp3) is 0.150. The molecule has 0 unspecified atom stereocenters. The summed E-state index contributed by atoms with van der Waals surface area (Å²) in [6, 6.07) is 14.1. The number of aromatic hydroxyl groups is 2. The van der Waals surface area contributed by atoms with Crippen LogP contribution in [0.2, 0.25) is 0 Å². The van der Waals surface area contributed by atoms with Gasteiger partial charge in [-0.15, -0.1) is 0 Å². The number of fused-ring (bicyclic) bond motifs is 1. The number of ether oxygens (including phenoxy) is 2. The number of aliphatic imine (C=N–C) groups is 1. The van der Waals surface area contributed by atoms with Crippen LogP contribution in [0.15, 0.2) is 53.5 Å². The van der Waals surface area contributed by atoms with Crippen LogP contribution >= 0.6 is 0 Å². The first-order chi connectivity index (χ1) is 12.1. The molecule has 3 rings (SSSR count). The van der Waals surface area contributed by atoms with E-state index < -0.39 is 0 Å². The lowest BCUT2D eigenvalue weighted by Gasteiger charge is -2.08. The molecule has 0 heterocycles. The third kappa shape index (κ3) is 3.50. The van der Waals surface area contributed by atoms with Crippen molar-refractivity contribution in [2.45, 2.75) is 6.54 Å². The van der Waals surface area contributed by atoms with Crippen molar-refractivity contribution in [1.29, 1.82) is 0 Å². The van der Waals surface area contributed by atoms with Crippen molar-refractivity contribution in [3.63, 3.8) is 0 Å². The van der Waals surface area contributed by atoms with Gasteiger partial charge in [-0.3, -0.25) is 4.99 Å². The molecule has 0 bridgehead atoms. The SMILES string of the molecule is COc1ccc(CN=Cc2c(O)ccc3ccc(O)cc23)cc1OC. The van der Waals surface area contributed by atoms with Crippen LogP contribution in [-0.4, -0.2) is 30.6 Å². The van der Waals surface area contributed by atoms with Crippen molar-refractivity contribution < 1.29 is 19.7 Å². The normalized spacial score (nSPS) is 11.1. The molecule has 0 saturated heterocycles. The van der Waals surface area contributed by atoms with Crippen LogP contribution in [0.4, 0.5) is 0 Å². The van der Waals surface area contributed by atoms with Crippen LogP contribution in [0.3, 0.4) is 0 Å². The van der Waals surface area contributed by atoms with Crippen molar-refractivity contribution in [2.24, 2.45) is 4.99 Å².